The van der Waals surface area contributed by atoms with Crippen LogP contribution in [0.15, 0.2) is 48.4 Å². The Morgan fingerprint density at radius 3 is 2.35 bits per heavy atom. The number of rotatable bonds is 3. The van der Waals surface area contributed by atoms with E-state index in [1.165, 1.54) is 20.0 Å². The molecule has 0 amide bonds. The molecule has 0 saturated carbocycles. The van der Waals surface area contributed by atoms with E-state index in [1.54, 1.807) is 29.2 Å². The number of hydrogen-bond acceptors (Lipinski definition) is 7. The number of carbonyl (C=O) groups is 2. The summed E-state index contributed by atoms with van der Waals surface area (Å²) in [6.07, 6.45) is 4.57. The van der Waals surface area contributed by atoms with E-state index in [-0.39, 0.29) is 5.57 Å². The Hall–Kier alpha value is -3.16. The van der Waals surface area contributed by atoms with Crippen molar-refractivity contribution in [3.63, 3.8) is 0 Å². The van der Waals surface area contributed by atoms with Gasteiger partial charge < -0.3 is 14.8 Å². The molecule has 0 spiro atoms. The lowest BCUT2D eigenvalue weighted by Crippen LogP contribution is -2.42. The number of anilines is 1. The molecule has 1 aromatic heterocycles. The molecule has 3 rings (SSSR count). The van der Waals surface area contributed by atoms with Crippen LogP contribution in [0.25, 0.3) is 5.69 Å². The Balaban J connectivity index is 1.72. The zero-order valence-electron chi connectivity index (χ0n) is 12.5. The molecular weight excluding hydrogens is 300 g/mol. The summed E-state index contributed by atoms with van der Waals surface area (Å²) in [7, 11) is 0. The molecule has 0 bridgehead atoms. The molecule has 0 aliphatic carbocycles. The van der Waals surface area contributed by atoms with Gasteiger partial charge in [0.15, 0.2) is 5.57 Å². The normalized spacial score (nSPS) is 16.5. The van der Waals surface area contributed by atoms with Crippen molar-refractivity contribution in [2.24, 2.45) is 0 Å². The van der Waals surface area contributed by atoms with E-state index in [4.69, 9.17) is 9.47 Å². The second kappa shape index (κ2) is 5.56. The zero-order chi connectivity index (χ0) is 16.4. The number of benzene rings is 1. The van der Waals surface area contributed by atoms with Gasteiger partial charge in [-0.05, 0) is 24.3 Å². The van der Waals surface area contributed by atoms with Crippen LogP contribution >= 0.6 is 0 Å². The quantitative estimate of drug-likeness (QED) is 0.519. The molecule has 118 valence electrons. The van der Waals surface area contributed by atoms with Gasteiger partial charge in [-0.15, -0.1) is 5.10 Å². The smallest absolute Gasteiger partial charge is 0.350 e. The third-order valence-corrected chi connectivity index (χ3v) is 3.05. The minimum absolute atomic E-state index is 0.190. The molecule has 23 heavy (non-hydrogen) atoms. The number of hydrogen-bond donors (Lipinski definition) is 1. The average Bonchev–Trinajstić information content (AvgIpc) is 3.00. The SMILES string of the molecule is CC1(C)OC(=O)C(=CNc2ccc(-n3ccnn3)cc2)C(=O)O1. The van der Waals surface area contributed by atoms with Crippen LogP contribution in [0.2, 0.25) is 0 Å². The number of nitrogens with zero attached hydrogens (tertiary/aromatic N) is 3. The first-order chi connectivity index (χ1) is 10.9. The largest absolute Gasteiger partial charge is 0.419 e. The molecule has 2 heterocycles. The van der Waals surface area contributed by atoms with Crippen LogP contribution in [0.5, 0.6) is 0 Å². The number of cyclic esters (lactones) is 2. The topological polar surface area (TPSA) is 95.3 Å². The molecular formula is C15H14N4O4. The van der Waals surface area contributed by atoms with Crippen molar-refractivity contribution in [3.05, 3.63) is 48.4 Å². The average molecular weight is 314 g/mol. The maximum absolute atomic E-state index is 11.8. The second-order valence-corrected chi connectivity index (χ2v) is 5.28. The first-order valence-corrected chi connectivity index (χ1v) is 6.85. The molecule has 1 aromatic carbocycles. The van der Waals surface area contributed by atoms with E-state index in [0.717, 1.165) is 5.69 Å². The summed E-state index contributed by atoms with van der Waals surface area (Å²) in [6, 6.07) is 7.18. The minimum Gasteiger partial charge on any atom is -0.419 e. The number of ether oxygens (including phenoxy) is 2. The molecule has 1 fully saturated rings. The fraction of sp³-hybridized carbons (Fsp3) is 0.200. The molecule has 0 unspecified atom stereocenters. The van der Waals surface area contributed by atoms with Crippen molar-refractivity contribution in [3.8, 4) is 5.69 Å². The lowest BCUT2D eigenvalue weighted by Gasteiger charge is -2.29. The fourth-order valence-electron chi connectivity index (χ4n) is 1.99. The highest BCUT2D eigenvalue weighted by atomic mass is 16.7. The van der Waals surface area contributed by atoms with Gasteiger partial charge in [0, 0.05) is 25.7 Å². The lowest BCUT2D eigenvalue weighted by molar-refractivity contribution is -0.222. The predicted octanol–water partition coefficient (Wildman–Crippen LogP) is 1.40. The van der Waals surface area contributed by atoms with Gasteiger partial charge in [0.1, 0.15) is 0 Å². The maximum atomic E-state index is 11.8. The Kier molecular flexibility index (Phi) is 3.57. The summed E-state index contributed by atoms with van der Waals surface area (Å²) in [6.45, 7) is 2.99. The predicted molar refractivity (Wildman–Crippen MR) is 79.3 cm³/mol. The Bertz CT molecular complexity index is 741. The van der Waals surface area contributed by atoms with Crippen LogP contribution < -0.4 is 5.32 Å². The van der Waals surface area contributed by atoms with Crippen molar-refractivity contribution in [1.82, 2.24) is 15.0 Å². The molecule has 1 saturated heterocycles. The molecule has 0 radical (unpaired) electrons. The van der Waals surface area contributed by atoms with Crippen LogP contribution in [0.3, 0.4) is 0 Å². The van der Waals surface area contributed by atoms with Crippen LogP contribution in [0.1, 0.15) is 13.8 Å². The summed E-state index contributed by atoms with van der Waals surface area (Å²) in [5.74, 6) is -2.69. The Labute approximate surface area is 131 Å². The summed E-state index contributed by atoms with van der Waals surface area (Å²) in [5.41, 5.74) is 1.33. The van der Waals surface area contributed by atoms with E-state index >= 15 is 0 Å². The molecule has 8 nitrogen and oxygen atoms in total. The summed E-state index contributed by atoms with van der Waals surface area (Å²) >= 11 is 0. The van der Waals surface area contributed by atoms with Crippen molar-refractivity contribution >= 4 is 17.6 Å². The van der Waals surface area contributed by atoms with Crippen LogP contribution in [-0.4, -0.2) is 32.7 Å². The molecule has 1 N–H and O–H groups in total. The van der Waals surface area contributed by atoms with Gasteiger partial charge in [0.05, 0.1) is 18.1 Å². The van der Waals surface area contributed by atoms with Crippen LogP contribution in [0.4, 0.5) is 5.69 Å². The monoisotopic (exact) mass is 314 g/mol. The van der Waals surface area contributed by atoms with Crippen LogP contribution in [0, 0.1) is 0 Å². The van der Waals surface area contributed by atoms with Gasteiger partial charge in [0.2, 0.25) is 0 Å². The van der Waals surface area contributed by atoms with Crippen LogP contribution in [-0.2, 0) is 19.1 Å². The van der Waals surface area contributed by atoms with Crippen molar-refractivity contribution in [2.45, 2.75) is 19.6 Å². The zero-order valence-corrected chi connectivity index (χ0v) is 12.5. The van der Waals surface area contributed by atoms with E-state index in [1.807, 2.05) is 12.1 Å². The maximum Gasteiger partial charge on any atom is 0.350 e. The first kappa shape index (κ1) is 14.8. The van der Waals surface area contributed by atoms with E-state index in [0.29, 0.717) is 5.69 Å². The van der Waals surface area contributed by atoms with Gasteiger partial charge in [0.25, 0.3) is 5.79 Å². The minimum atomic E-state index is -1.25. The number of carbonyl (C=O) groups excluding carboxylic acids is 2. The van der Waals surface area contributed by atoms with E-state index in [9.17, 15) is 9.59 Å². The highest BCUT2D eigenvalue weighted by Gasteiger charge is 2.38. The van der Waals surface area contributed by atoms with Gasteiger partial charge in [-0.25, -0.2) is 14.3 Å². The van der Waals surface area contributed by atoms with Crippen molar-refractivity contribution in [2.75, 3.05) is 5.32 Å². The van der Waals surface area contributed by atoms with Gasteiger partial charge >= 0.3 is 11.9 Å². The number of aromatic nitrogens is 3. The lowest BCUT2D eigenvalue weighted by atomic mass is 10.2. The van der Waals surface area contributed by atoms with Crippen molar-refractivity contribution < 1.29 is 19.1 Å². The highest BCUT2D eigenvalue weighted by Crippen LogP contribution is 2.22. The Morgan fingerprint density at radius 2 is 1.78 bits per heavy atom. The van der Waals surface area contributed by atoms with E-state index in [2.05, 4.69) is 15.6 Å². The third-order valence-electron chi connectivity index (χ3n) is 3.05. The molecule has 8 heteroatoms. The van der Waals surface area contributed by atoms with Gasteiger partial charge in [-0.1, -0.05) is 5.21 Å². The summed E-state index contributed by atoms with van der Waals surface area (Å²) < 4.78 is 11.6. The molecule has 1 aliphatic rings. The number of esters is 2. The molecule has 0 atom stereocenters. The number of nitrogens with one attached hydrogen (secondary N) is 1. The second-order valence-electron chi connectivity index (χ2n) is 5.28. The standard InChI is InChI=1S/C15H14N4O4/c1-15(2)22-13(20)12(14(21)23-15)9-16-10-3-5-11(6-4-10)19-8-7-17-18-19/h3-9,16H,1-2H3. The highest BCUT2D eigenvalue weighted by molar-refractivity contribution is 6.15. The van der Waals surface area contributed by atoms with Gasteiger partial charge in [-0.3, -0.25) is 0 Å². The van der Waals surface area contributed by atoms with E-state index < -0.39 is 17.7 Å². The summed E-state index contributed by atoms with van der Waals surface area (Å²) in [5, 5.41) is 10.5. The van der Waals surface area contributed by atoms with Crippen molar-refractivity contribution in [1.29, 1.82) is 0 Å². The third kappa shape index (κ3) is 3.20. The Morgan fingerprint density at radius 1 is 1.13 bits per heavy atom. The first-order valence-electron chi connectivity index (χ1n) is 6.85. The molecule has 2 aromatic rings. The fourth-order valence-corrected chi connectivity index (χ4v) is 1.99. The summed E-state index contributed by atoms with van der Waals surface area (Å²) in [4.78, 5) is 23.6. The molecule has 1 aliphatic heterocycles. The van der Waals surface area contributed by atoms with Gasteiger partial charge in [-0.2, -0.15) is 0 Å².